The molecule has 1 amide bonds. The molecule has 0 radical (unpaired) electrons. The Kier molecular flexibility index (Phi) is 6.44. The second-order valence-electron chi connectivity index (χ2n) is 7.65. The van der Waals surface area contributed by atoms with Gasteiger partial charge in [0, 0.05) is 17.3 Å². The SMILES string of the molecule is COC(=O)c1csc(C(=O)C2CCC(NC(=O)OC(C)(C)C)CC2)c1C. The molecule has 0 aromatic carbocycles. The molecule has 2 rings (SSSR count). The Bertz CT molecular complexity index is 681. The second-order valence-corrected chi connectivity index (χ2v) is 8.53. The van der Waals surface area contributed by atoms with E-state index in [1.165, 1.54) is 18.4 Å². The van der Waals surface area contributed by atoms with Gasteiger partial charge in [0.05, 0.1) is 17.6 Å². The van der Waals surface area contributed by atoms with E-state index in [9.17, 15) is 14.4 Å². The number of ketones is 1. The highest BCUT2D eigenvalue weighted by atomic mass is 32.1. The Morgan fingerprint density at radius 3 is 2.31 bits per heavy atom. The van der Waals surface area contributed by atoms with Crippen LogP contribution in [0.1, 0.15) is 72.0 Å². The molecule has 144 valence electrons. The van der Waals surface area contributed by atoms with E-state index < -0.39 is 17.7 Å². The van der Waals surface area contributed by atoms with Crippen LogP contribution in [0.2, 0.25) is 0 Å². The monoisotopic (exact) mass is 381 g/mol. The minimum absolute atomic E-state index is 0.0314. The molecule has 1 aliphatic carbocycles. The third kappa shape index (κ3) is 5.06. The van der Waals surface area contributed by atoms with Crippen molar-refractivity contribution in [1.29, 1.82) is 0 Å². The number of rotatable bonds is 4. The van der Waals surface area contributed by atoms with Crippen LogP contribution in [0.4, 0.5) is 4.79 Å². The first-order valence-electron chi connectivity index (χ1n) is 8.82. The number of hydrogen-bond acceptors (Lipinski definition) is 6. The van der Waals surface area contributed by atoms with Gasteiger partial charge in [0.2, 0.25) is 0 Å². The summed E-state index contributed by atoms with van der Waals surface area (Å²) in [5.41, 5.74) is 0.632. The number of Topliss-reactive ketones (excluding diaryl/α,β-unsaturated/α-hetero) is 1. The van der Waals surface area contributed by atoms with Crippen LogP contribution >= 0.6 is 11.3 Å². The highest BCUT2D eigenvalue weighted by molar-refractivity contribution is 7.12. The van der Waals surface area contributed by atoms with Crippen LogP contribution in [-0.2, 0) is 9.47 Å². The second kappa shape index (κ2) is 8.20. The Balaban J connectivity index is 1.92. The van der Waals surface area contributed by atoms with Gasteiger partial charge in [0.25, 0.3) is 0 Å². The van der Waals surface area contributed by atoms with Crippen LogP contribution in [0.15, 0.2) is 5.38 Å². The fourth-order valence-corrected chi connectivity index (χ4v) is 4.21. The van der Waals surface area contributed by atoms with Crippen molar-refractivity contribution in [1.82, 2.24) is 5.32 Å². The lowest BCUT2D eigenvalue weighted by molar-refractivity contribution is 0.0486. The smallest absolute Gasteiger partial charge is 0.407 e. The Labute approximate surface area is 158 Å². The molecule has 0 spiro atoms. The summed E-state index contributed by atoms with van der Waals surface area (Å²) in [4.78, 5) is 37.0. The average Bonchev–Trinajstić information content (AvgIpc) is 2.94. The largest absolute Gasteiger partial charge is 0.465 e. The molecule has 1 aromatic heterocycles. The molecule has 1 aromatic rings. The summed E-state index contributed by atoms with van der Waals surface area (Å²) in [6.07, 6.45) is 2.49. The molecule has 6 nitrogen and oxygen atoms in total. The zero-order valence-corrected chi connectivity index (χ0v) is 16.8. The van der Waals surface area contributed by atoms with Crippen molar-refractivity contribution in [3.05, 3.63) is 21.4 Å². The first kappa shape index (κ1) is 20.4. The average molecular weight is 381 g/mol. The summed E-state index contributed by atoms with van der Waals surface area (Å²) in [5.74, 6) is -0.407. The molecule has 0 saturated heterocycles. The minimum atomic E-state index is -0.523. The molecule has 26 heavy (non-hydrogen) atoms. The van der Waals surface area contributed by atoms with E-state index in [1.807, 2.05) is 20.8 Å². The number of alkyl carbamates (subject to hydrolysis) is 1. The molecule has 1 N–H and O–H groups in total. The third-order valence-electron chi connectivity index (χ3n) is 4.49. The predicted octanol–water partition coefficient (Wildman–Crippen LogP) is 4.11. The quantitative estimate of drug-likeness (QED) is 0.627. The molecular formula is C19H27NO5S. The number of ether oxygens (including phenoxy) is 2. The molecule has 0 bridgehead atoms. The van der Waals surface area contributed by atoms with Gasteiger partial charge in [-0.1, -0.05) is 0 Å². The number of carbonyl (C=O) groups is 3. The van der Waals surface area contributed by atoms with Crippen molar-refractivity contribution in [2.75, 3.05) is 7.11 Å². The number of nitrogens with one attached hydrogen (secondary N) is 1. The zero-order chi connectivity index (χ0) is 19.5. The molecule has 0 aliphatic heterocycles. The lowest BCUT2D eigenvalue weighted by Crippen LogP contribution is -2.41. The summed E-state index contributed by atoms with van der Waals surface area (Å²) in [6.45, 7) is 7.27. The summed E-state index contributed by atoms with van der Waals surface area (Å²) >= 11 is 1.30. The van der Waals surface area contributed by atoms with E-state index in [1.54, 1.807) is 12.3 Å². The number of esters is 1. The fourth-order valence-electron chi connectivity index (χ4n) is 3.13. The van der Waals surface area contributed by atoms with E-state index in [-0.39, 0.29) is 17.7 Å². The van der Waals surface area contributed by atoms with Gasteiger partial charge in [-0.15, -0.1) is 11.3 Å². The molecule has 1 fully saturated rings. The first-order chi connectivity index (χ1) is 12.1. The van der Waals surface area contributed by atoms with Gasteiger partial charge < -0.3 is 14.8 Å². The lowest BCUT2D eigenvalue weighted by Gasteiger charge is -2.29. The number of thiophene rings is 1. The molecular weight excluding hydrogens is 354 g/mol. The minimum Gasteiger partial charge on any atom is -0.465 e. The maximum Gasteiger partial charge on any atom is 0.407 e. The van der Waals surface area contributed by atoms with Crippen LogP contribution in [0.5, 0.6) is 0 Å². The van der Waals surface area contributed by atoms with Gasteiger partial charge in [0.15, 0.2) is 5.78 Å². The van der Waals surface area contributed by atoms with Crippen molar-refractivity contribution in [2.24, 2.45) is 5.92 Å². The molecule has 1 aliphatic rings. The van der Waals surface area contributed by atoms with Crippen molar-refractivity contribution < 1.29 is 23.9 Å². The zero-order valence-electron chi connectivity index (χ0n) is 16.0. The van der Waals surface area contributed by atoms with E-state index in [2.05, 4.69) is 5.32 Å². The van der Waals surface area contributed by atoms with E-state index in [4.69, 9.17) is 9.47 Å². The normalized spacial score (nSPS) is 20.3. The first-order valence-corrected chi connectivity index (χ1v) is 9.70. The van der Waals surface area contributed by atoms with Gasteiger partial charge in [-0.25, -0.2) is 9.59 Å². The Morgan fingerprint density at radius 1 is 1.15 bits per heavy atom. The van der Waals surface area contributed by atoms with Gasteiger partial charge >= 0.3 is 12.1 Å². The molecule has 7 heteroatoms. The van der Waals surface area contributed by atoms with Crippen LogP contribution in [0.25, 0.3) is 0 Å². The van der Waals surface area contributed by atoms with Crippen molar-refractivity contribution in [3.63, 3.8) is 0 Å². The highest BCUT2D eigenvalue weighted by Crippen LogP contribution is 2.32. The van der Waals surface area contributed by atoms with Crippen LogP contribution < -0.4 is 5.32 Å². The summed E-state index contributed by atoms with van der Waals surface area (Å²) in [5, 5.41) is 4.57. The Hall–Kier alpha value is -1.89. The van der Waals surface area contributed by atoms with Gasteiger partial charge in [-0.2, -0.15) is 0 Å². The lowest BCUT2D eigenvalue weighted by atomic mass is 9.82. The van der Waals surface area contributed by atoms with E-state index >= 15 is 0 Å². The van der Waals surface area contributed by atoms with Gasteiger partial charge in [-0.05, 0) is 58.9 Å². The summed E-state index contributed by atoms with van der Waals surface area (Å²) in [7, 11) is 1.33. The standard InChI is InChI=1S/C19H27NO5S/c1-11-14(17(22)24-5)10-26-16(11)15(21)12-6-8-13(9-7-12)20-18(23)25-19(2,3)4/h10,12-13H,6-9H2,1-5H3,(H,20,23). The molecule has 1 saturated carbocycles. The summed E-state index contributed by atoms with van der Waals surface area (Å²) in [6, 6.07) is 0.0314. The number of carbonyl (C=O) groups excluding carboxylic acids is 3. The van der Waals surface area contributed by atoms with Crippen molar-refractivity contribution in [2.45, 2.75) is 65.0 Å². The van der Waals surface area contributed by atoms with Crippen LogP contribution in [0.3, 0.4) is 0 Å². The van der Waals surface area contributed by atoms with E-state index in [0.29, 0.717) is 28.8 Å². The van der Waals surface area contributed by atoms with Gasteiger partial charge in [-0.3, -0.25) is 4.79 Å². The van der Waals surface area contributed by atoms with E-state index in [0.717, 1.165) is 12.8 Å². The van der Waals surface area contributed by atoms with Crippen molar-refractivity contribution >= 4 is 29.2 Å². The Morgan fingerprint density at radius 2 is 1.77 bits per heavy atom. The topological polar surface area (TPSA) is 81.7 Å². The van der Waals surface area contributed by atoms with Crippen LogP contribution in [0, 0.1) is 12.8 Å². The van der Waals surface area contributed by atoms with Crippen molar-refractivity contribution in [3.8, 4) is 0 Å². The maximum absolute atomic E-state index is 12.8. The fraction of sp³-hybridized carbons (Fsp3) is 0.632. The number of hydrogen-bond donors (Lipinski definition) is 1. The predicted molar refractivity (Wildman–Crippen MR) is 99.8 cm³/mol. The number of methoxy groups -OCH3 is 1. The number of amides is 1. The molecule has 0 unspecified atom stereocenters. The maximum atomic E-state index is 12.8. The third-order valence-corrected chi connectivity index (χ3v) is 5.58. The molecule has 1 heterocycles. The van der Waals surface area contributed by atoms with Crippen LogP contribution in [-0.4, -0.2) is 36.6 Å². The highest BCUT2D eigenvalue weighted by Gasteiger charge is 2.31. The summed E-state index contributed by atoms with van der Waals surface area (Å²) < 4.78 is 10.0. The molecule has 0 atom stereocenters. The van der Waals surface area contributed by atoms with Gasteiger partial charge in [0.1, 0.15) is 5.60 Å².